The van der Waals surface area contributed by atoms with E-state index in [4.69, 9.17) is 0 Å². The summed E-state index contributed by atoms with van der Waals surface area (Å²) in [6, 6.07) is 7.01. The van der Waals surface area contributed by atoms with Crippen molar-refractivity contribution in [3.8, 4) is 0 Å². The van der Waals surface area contributed by atoms with Gasteiger partial charge in [0.15, 0.2) is 0 Å². The van der Waals surface area contributed by atoms with E-state index in [1.807, 2.05) is 12.1 Å². The lowest BCUT2D eigenvalue weighted by atomic mass is 10.1. The summed E-state index contributed by atoms with van der Waals surface area (Å²) in [5.41, 5.74) is 0.661. The monoisotopic (exact) mass is 417 g/mol. The number of carbonyl (C=O) groups excluding carboxylic acids is 2. The van der Waals surface area contributed by atoms with E-state index in [0.717, 1.165) is 4.47 Å². The number of hydrogen-bond donors (Lipinski definition) is 2. The van der Waals surface area contributed by atoms with Gasteiger partial charge in [-0.25, -0.2) is 0 Å². The molecule has 2 unspecified atom stereocenters. The number of aliphatic hydroxyl groups is 1. The molecule has 24 heavy (non-hydrogen) atoms. The number of amides is 2. The summed E-state index contributed by atoms with van der Waals surface area (Å²) in [6.07, 6.45) is 0.0286. The molecule has 2 amide bonds. The molecule has 1 aromatic rings. The van der Waals surface area contributed by atoms with E-state index < -0.39 is 6.10 Å². The topological polar surface area (TPSA) is 72.9 Å². The Morgan fingerprint density at radius 3 is 2.21 bits per heavy atom. The Hall–Kier alpha value is -1.15. The second-order valence-corrected chi connectivity index (χ2v) is 6.89. The van der Waals surface area contributed by atoms with E-state index in [0.29, 0.717) is 44.7 Å². The molecule has 1 aromatic carbocycles. The highest BCUT2D eigenvalue weighted by Gasteiger charge is 2.33. The Kier molecular flexibility index (Phi) is 6.62. The smallest absolute Gasteiger partial charge is 0.253 e. The van der Waals surface area contributed by atoms with E-state index in [9.17, 15) is 14.7 Å². The maximum absolute atomic E-state index is 12.4. The van der Waals surface area contributed by atoms with Crippen molar-refractivity contribution < 1.29 is 14.7 Å². The fourth-order valence-electron chi connectivity index (χ4n) is 3.03. The van der Waals surface area contributed by atoms with Crippen LogP contribution in [0.1, 0.15) is 16.8 Å². The Balaban J connectivity index is 0.00000208. The van der Waals surface area contributed by atoms with Crippen molar-refractivity contribution in [1.82, 2.24) is 15.1 Å². The van der Waals surface area contributed by atoms with Gasteiger partial charge in [-0.15, -0.1) is 12.4 Å². The molecule has 0 aromatic heterocycles. The van der Waals surface area contributed by atoms with Gasteiger partial charge in [0.25, 0.3) is 5.91 Å². The van der Waals surface area contributed by atoms with Crippen molar-refractivity contribution in [2.75, 3.05) is 32.7 Å². The summed E-state index contributed by atoms with van der Waals surface area (Å²) in [4.78, 5) is 28.4. The zero-order chi connectivity index (χ0) is 16.4. The number of carbonyl (C=O) groups is 2. The van der Waals surface area contributed by atoms with Gasteiger partial charge in [0, 0.05) is 42.8 Å². The minimum absolute atomic E-state index is 0. The number of rotatable bonds is 2. The van der Waals surface area contributed by atoms with Gasteiger partial charge < -0.3 is 20.2 Å². The van der Waals surface area contributed by atoms with E-state index in [2.05, 4.69) is 21.2 Å². The van der Waals surface area contributed by atoms with Crippen molar-refractivity contribution in [2.45, 2.75) is 18.6 Å². The van der Waals surface area contributed by atoms with Crippen molar-refractivity contribution in [3.05, 3.63) is 34.3 Å². The van der Waals surface area contributed by atoms with E-state index in [1.165, 1.54) is 0 Å². The molecule has 2 aliphatic heterocycles. The fourth-order valence-corrected chi connectivity index (χ4v) is 3.29. The lowest BCUT2D eigenvalue weighted by molar-refractivity contribution is -0.134. The van der Waals surface area contributed by atoms with Gasteiger partial charge in [0.05, 0.1) is 12.1 Å². The molecule has 0 spiro atoms. The molecule has 2 saturated heterocycles. The van der Waals surface area contributed by atoms with Gasteiger partial charge in [-0.05, 0) is 30.7 Å². The number of aliphatic hydroxyl groups excluding tert-OH is 1. The standard InChI is InChI=1S/C16H20BrN3O3.ClH/c17-12-3-1-11(2-4-12)15(22)19-5-7-20(8-6-19)16(23)14-9-13(21)10-18-14;/h1-4,13-14,18,21H,5-10H2;1H. The van der Waals surface area contributed by atoms with E-state index >= 15 is 0 Å². The molecular weight excluding hydrogens is 398 g/mol. The third-order valence-corrected chi connectivity index (χ3v) is 4.90. The van der Waals surface area contributed by atoms with Crippen molar-refractivity contribution in [2.24, 2.45) is 0 Å². The Labute approximate surface area is 155 Å². The van der Waals surface area contributed by atoms with Crippen LogP contribution in [0.15, 0.2) is 28.7 Å². The molecule has 0 aliphatic carbocycles. The highest BCUT2D eigenvalue weighted by atomic mass is 79.9. The molecule has 0 saturated carbocycles. The van der Waals surface area contributed by atoms with Crippen molar-refractivity contribution in [3.63, 3.8) is 0 Å². The third-order valence-electron chi connectivity index (χ3n) is 4.38. The molecule has 132 valence electrons. The van der Waals surface area contributed by atoms with Crippen LogP contribution in [-0.4, -0.2) is 71.6 Å². The first kappa shape index (κ1) is 19.2. The van der Waals surface area contributed by atoms with Crippen molar-refractivity contribution in [1.29, 1.82) is 0 Å². The maximum Gasteiger partial charge on any atom is 0.253 e. The number of piperazine rings is 1. The minimum atomic E-state index is -0.441. The van der Waals surface area contributed by atoms with Gasteiger partial charge in [-0.1, -0.05) is 15.9 Å². The molecule has 2 atom stereocenters. The molecule has 8 heteroatoms. The van der Waals surface area contributed by atoms with Gasteiger partial charge in [-0.2, -0.15) is 0 Å². The fraction of sp³-hybridized carbons (Fsp3) is 0.500. The van der Waals surface area contributed by atoms with Crippen LogP contribution in [0.4, 0.5) is 0 Å². The summed E-state index contributed by atoms with van der Waals surface area (Å²) in [5.74, 6) is 0.0244. The summed E-state index contributed by atoms with van der Waals surface area (Å²) in [5, 5.41) is 12.6. The van der Waals surface area contributed by atoms with Crippen LogP contribution in [-0.2, 0) is 4.79 Å². The molecule has 2 aliphatic rings. The largest absolute Gasteiger partial charge is 0.392 e. The van der Waals surface area contributed by atoms with Gasteiger partial charge in [0.2, 0.25) is 5.91 Å². The first-order valence-corrected chi connectivity index (χ1v) is 8.59. The third kappa shape index (κ3) is 4.27. The predicted molar refractivity (Wildman–Crippen MR) is 96.3 cm³/mol. The lowest BCUT2D eigenvalue weighted by Crippen LogP contribution is -2.54. The van der Waals surface area contributed by atoms with E-state index in [-0.39, 0.29) is 30.3 Å². The van der Waals surface area contributed by atoms with Crippen molar-refractivity contribution >= 4 is 40.2 Å². The summed E-state index contributed by atoms with van der Waals surface area (Å²) >= 11 is 3.36. The summed E-state index contributed by atoms with van der Waals surface area (Å²) in [6.45, 7) is 2.62. The second kappa shape index (κ2) is 8.29. The van der Waals surface area contributed by atoms with Crippen LogP contribution in [0.3, 0.4) is 0 Å². The molecule has 0 radical (unpaired) electrons. The first-order valence-electron chi connectivity index (χ1n) is 7.79. The molecule has 2 N–H and O–H groups in total. The average Bonchev–Trinajstić information content (AvgIpc) is 3.01. The van der Waals surface area contributed by atoms with Gasteiger partial charge in [-0.3, -0.25) is 9.59 Å². The molecule has 2 heterocycles. The normalized spacial score (nSPS) is 23.8. The number of β-amino-alcohol motifs (C(OH)–C–C–N with tert-alkyl or cyclic N) is 1. The van der Waals surface area contributed by atoms with Gasteiger partial charge >= 0.3 is 0 Å². The van der Waals surface area contributed by atoms with Crippen LogP contribution < -0.4 is 5.32 Å². The SMILES string of the molecule is Cl.O=C(c1ccc(Br)cc1)N1CCN(C(=O)C2CC(O)CN2)CC1. The first-order chi connectivity index (χ1) is 11.0. The quantitative estimate of drug-likeness (QED) is 0.748. The lowest BCUT2D eigenvalue weighted by Gasteiger charge is -2.36. The molecule has 0 bridgehead atoms. The Morgan fingerprint density at radius 1 is 1.08 bits per heavy atom. The van der Waals surface area contributed by atoms with Crippen LogP contribution >= 0.6 is 28.3 Å². The van der Waals surface area contributed by atoms with Crippen LogP contribution in [0, 0.1) is 0 Å². The summed E-state index contributed by atoms with van der Waals surface area (Å²) < 4.78 is 0.940. The zero-order valence-corrected chi connectivity index (χ0v) is 15.6. The second-order valence-electron chi connectivity index (χ2n) is 5.97. The molecule has 3 rings (SSSR count). The zero-order valence-electron chi connectivity index (χ0n) is 13.2. The molecule has 2 fully saturated rings. The van der Waals surface area contributed by atoms with Gasteiger partial charge in [0.1, 0.15) is 0 Å². The number of nitrogens with one attached hydrogen (secondary N) is 1. The minimum Gasteiger partial charge on any atom is -0.392 e. The average molecular weight is 419 g/mol. The number of halogens is 2. The van der Waals surface area contributed by atoms with Crippen LogP contribution in [0.25, 0.3) is 0 Å². The highest BCUT2D eigenvalue weighted by molar-refractivity contribution is 9.10. The van der Waals surface area contributed by atoms with E-state index in [1.54, 1.807) is 21.9 Å². The maximum atomic E-state index is 12.4. The van der Waals surface area contributed by atoms with Crippen LogP contribution in [0.2, 0.25) is 0 Å². The summed E-state index contributed by atoms with van der Waals surface area (Å²) in [7, 11) is 0. The van der Waals surface area contributed by atoms with Crippen LogP contribution in [0.5, 0.6) is 0 Å². The molecule has 6 nitrogen and oxygen atoms in total. The molecular formula is C16H21BrClN3O3. The highest BCUT2D eigenvalue weighted by Crippen LogP contribution is 2.15. The number of nitrogens with zero attached hydrogens (tertiary/aromatic N) is 2. The number of hydrogen-bond acceptors (Lipinski definition) is 4. The Bertz CT molecular complexity index is 591. The number of benzene rings is 1. The Morgan fingerprint density at radius 2 is 1.67 bits per heavy atom. The predicted octanol–water partition coefficient (Wildman–Crippen LogP) is 0.878.